The molecular weight excluding hydrogens is 294 g/mol. The predicted molar refractivity (Wildman–Crippen MR) is 91.9 cm³/mol. The number of hydrogen-bond acceptors (Lipinski definition) is 3. The number of carbonyl (C=O) groups excluding carboxylic acids is 1. The molecule has 2 rings (SSSR count). The number of hydrogen-bond donors (Lipinski definition) is 1. The minimum atomic E-state index is -0.0603. The van der Waals surface area contributed by atoms with Crippen LogP contribution in [0.25, 0.3) is 0 Å². The molecule has 2 aromatic carbocycles. The molecule has 1 atom stereocenters. The van der Waals surface area contributed by atoms with E-state index in [0.29, 0.717) is 18.8 Å². The summed E-state index contributed by atoms with van der Waals surface area (Å²) in [5.74, 6) is 0.865. The van der Waals surface area contributed by atoms with E-state index in [0.717, 1.165) is 11.3 Å². The van der Waals surface area contributed by atoms with E-state index in [-0.39, 0.29) is 11.3 Å². The summed E-state index contributed by atoms with van der Waals surface area (Å²) in [5.41, 5.74) is 1.81. The standard InChI is InChI=1S/C18H21NO2S/c1-2-22-17(14-21-13-15-9-5-3-6-10-15)19-18(20)16-11-7-4-8-12-16/h3-12,17H,2,13-14H2,1H3,(H,19,20). The average Bonchev–Trinajstić information content (AvgIpc) is 2.57. The van der Waals surface area contributed by atoms with Crippen LogP contribution in [0.2, 0.25) is 0 Å². The minimum absolute atomic E-state index is 0.0404. The van der Waals surface area contributed by atoms with Crippen molar-refractivity contribution < 1.29 is 9.53 Å². The fraction of sp³-hybridized carbons (Fsp3) is 0.278. The summed E-state index contributed by atoms with van der Waals surface area (Å²) in [7, 11) is 0. The molecule has 1 amide bonds. The lowest BCUT2D eigenvalue weighted by Crippen LogP contribution is -2.36. The predicted octanol–water partition coefficient (Wildman–Crippen LogP) is 3.71. The van der Waals surface area contributed by atoms with Gasteiger partial charge in [0.15, 0.2) is 0 Å². The largest absolute Gasteiger partial charge is 0.374 e. The molecule has 0 saturated heterocycles. The Morgan fingerprint density at radius 1 is 1.09 bits per heavy atom. The van der Waals surface area contributed by atoms with Crippen LogP contribution in [-0.4, -0.2) is 23.6 Å². The Balaban J connectivity index is 1.83. The van der Waals surface area contributed by atoms with E-state index in [9.17, 15) is 4.79 Å². The Labute approximate surface area is 136 Å². The Kier molecular flexibility index (Phi) is 7.00. The van der Waals surface area contributed by atoms with Gasteiger partial charge in [0.1, 0.15) is 0 Å². The van der Waals surface area contributed by atoms with Gasteiger partial charge in [-0.25, -0.2) is 0 Å². The Morgan fingerprint density at radius 3 is 2.36 bits per heavy atom. The SMILES string of the molecule is CCSC(COCc1ccccc1)NC(=O)c1ccccc1. The van der Waals surface area contributed by atoms with Crippen LogP contribution in [0, 0.1) is 0 Å². The quantitative estimate of drug-likeness (QED) is 0.755. The van der Waals surface area contributed by atoms with Gasteiger partial charge in [0, 0.05) is 5.56 Å². The van der Waals surface area contributed by atoms with E-state index in [2.05, 4.69) is 12.2 Å². The van der Waals surface area contributed by atoms with Gasteiger partial charge in [-0.2, -0.15) is 0 Å². The zero-order chi connectivity index (χ0) is 15.6. The van der Waals surface area contributed by atoms with Gasteiger partial charge in [-0.3, -0.25) is 4.79 Å². The van der Waals surface area contributed by atoms with Crippen molar-refractivity contribution in [3.8, 4) is 0 Å². The third kappa shape index (κ3) is 5.54. The lowest BCUT2D eigenvalue weighted by molar-refractivity contribution is 0.0879. The summed E-state index contributed by atoms with van der Waals surface area (Å²) >= 11 is 1.68. The van der Waals surface area contributed by atoms with Gasteiger partial charge in [0.2, 0.25) is 0 Å². The molecule has 0 fully saturated rings. The molecule has 3 nitrogen and oxygen atoms in total. The zero-order valence-electron chi connectivity index (χ0n) is 12.7. The normalized spacial score (nSPS) is 11.9. The van der Waals surface area contributed by atoms with Crippen LogP contribution < -0.4 is 5.32 Å². The van der Waals surface area contributed by atoms with Crippen molar-refractivity contribution in [2.24, 2.45) is 0 Å². The number of rotatable bonds is 8. The summed E-state index contributed by atoms with van der Waals surface area (Å²) in [6.07, 6.45) is 0. The average molecular weight is 315 g/mol. The maximum Gasteiger partial charge on any atom is 0.252 e. The Morgan fingerprint density at radius 2 is 1.73 bits per heavy atom. The van der Waals surface area contributed by atoms with Crippen molar-refractivity contribution in [1.82, 2.24) is 5.32 Å². The van der Waals surface area contributed by atoms with Crippen LogP contribution in [0.5, 0.6) is 0 Å². The highest BCUT2D eigenvalue weighted by atomic mass is 32.2. The topological polar surface area (TPSA) is 38.3 Å². The van der Waals surface area contributed by atoms with E-state index in [1.165, 1.54) is 0 Å². The van der Waals surface area contributed by atoms with Crippen molar-refractivity contribution in [2.75, 3.05) is 12.4 Å². The maximum atomic E-state index is 12.2. The monoisotopic (exact) mass is 315 g/mol. The first-order valence-electron chi connectivity index (χ1n) is 7.38. The highest BCUT2D eigenvalue weighted by Gasteiger charge is 2.13. The number of ether oxygens (including phenoxy) is 1. The lowest BCUT2D eigenvalue weighted by Gasteiger charge is -2.18. The molecule has 0 aliphatic heterocycles. The Hall–Kier alpha value is -1.78. The third-order valence-corrected chi connectivity index (χ3v) is 4.07. The van der Waals surface area contributed by atoms with Crippen molar-refractivity contribution >= 4 is 17.7 Å². The number of carbonyl (C=O) groups is 1. The molecule has 0 radical (unpaired) electrons. The molecule has 0 aliphatic rings. The van der Waals surface area contributed by atoms with E-state index >= 15 is 0 Å². The lowest BCUT2D eigenvalue weighted by atomic mass is 10.2. The fourth-order valence-electron chi connectivity index (χ4n) is 2.01. The molecule has 0 aromatic heterocycles. The first-order valence-corrected chi connectivity index (χ1v) is 8.43. The van der Waals surface area contributed by atoms with Crippen LogP contribution in [0.1, 0.15) is 22.8 Å². The number of nitrogens with one attached hydrogen (secondary N) is 1. The van der Waals surface area contributed by atoms with Gasteiger partial charge in [-0.15, -0.1) is 11.8 Å². The second kappa shape index (κ2) is 9.28. The molecule has 0 aliphatic carbocycles. The molecule has 116 valence electrons. The van der Waals surface area contributed by atoms with Gasteiger partial charge < -0.3 is 10.1 Å². The van der Waals surface area contributed by atoms with Crippen LogP contribution >= 0.6 is 11.8 Å². The number of thioether (sulfide) groups is 1. The van der Waals surface area contributed by atoms with E-state index in [1.54, 1.807) is 11.8 Å². The van der Waals surface area contributed by atoms with Crippen LogP contribution in [-0.2, 0) is 11.3 Å². The van der Waals surface area contributed by atoms with Crippen molar-refractivity contribution in [3.63, 3.8) is 0 Å². The molecule has 0 bridgehead atoms. The second-order valence-corrected chi connectivity index (χ2v) is 6.26. The molecule has 2 aromatic rings. The van der Waals surface area contributed by atoms with E-state index < -0.39 is 0 Å². The molecule has 1 unspecified atom stereocenters. The summed E-state index contributed by atoms with van der Waals surface area (Å²) < 4.78 is 5.74. The molecular formula is C18H21NO2S. The first-order chi connectivity index (χ1) is 10.8. The highest BCUT2D eigenvalue weighted by Crippen LogP contribution is 2.11. The smallest absolute Gasteiger partial charge is 0.252 e. The number of amides is 1. The first kappa shape index (κ1) is 16.6. The molecule has 0 saturated carbocycles. The summed E-state index contributed by atoms with van der Waals surface area (Å²) in [6.45, 7) is 3.12. The third-order valence-electron chi connectivity index (χ3n) is 3.08. The van der Waals surface area contributed by atoms with Gasteiger partial charge in [0.05, 0.1) is 18.6 Å². The Bertz CT molecular complexity index is 560. The van der Waals surface area contributed by atoms with Crippen molar-refractivity contribution in [2.45, 2.75) is 18.9 Å². The van der Waals surface area contributed by atoms with Gasteiger partial charge in [-0.1, -0.05) is 55.5 Å². The van der Waals surface area contributed by atoms with Crippen LogP contribution in [0.3, 0.4) is 0 Å². The van der Waals surface area contributed by atoms with Crippen molar-refractivity contribution in [3.05, 3.63) is 71.8 Å². The summed E-state index contributed by atoms with van der Waals surface area (Å²) in [6, 6.07) is 19.3. The molecule has 4 heteroatoms. The van der Waals surface area contributed by atoms with E-state index in [1.807, 2.05) is 60.7 Å². The van der Waals surface area contributed by atoms with E-state index in [4.69, 9.17) is 4.74 Å². The van der Waals surface area contributed by atoms with Gasteiger partial charge in [0.25, 0.3) is 5.91 Å². The van der Waals surface area contributed by atoms with Crippen LogP contribution in [0.15, 0.2) is 60.7 Å². The highest BCUT2D eigenvalue weighted by molar-refractivity contribution is 7.99. The fourth-order valence-corrected chi connectivity index (χ4v) is 2.79. The van der Waals surface area contributed by atoms with Crippen LogP contribution in [0.4, 0.5) is 0 Å². The van der Waals surface area contributed by atoms with Crippen molar-refractivity contribution in [1.29, 1.82) is 0 Å². The minimum Gasteiger partial charge on any atom is -0.374 e. The molecule has 22 heavy (non-hydrogen) atoms. The maximum absolute atomic E-state index is 12.2. The summed E-state index contributed by atoms with van der Waals surface area (Å²) in [5, 5.41) is 2.98. The second-order valence-electron chi connectivity index (χ2n) is 4.78. The molecule has 0 spiro atoms. The summed E-state index contributed by atoms with van der Waals surface area (Å²) in [4.78, 5) is 12.2. The van der Waals surface area contributed by atoms with Gasteiger partial charge in [-0.05, 0) is 23.4 Å². The van der Waals surface area contributed by atoms with Gasteiger partial charge >= 0.3 is 0 Å². The zero-order valence-corrected chi connectivity index (χ0v) is 13.5. The molecule has 0 heterocycles. The number of benzene rings is 2. The molecule has 1 N–H and O–H groups in total.